The lowest BCUT2D eigenvalue weighted by Crippen LogP contribution is -2.11. The van der Waals surface area contributed by atoms with E-state index in [0.717, 1.165) is 35.1 Å². The van der Waals surface area contributed by atoms with Crippen LogP contribution in [0.3, 0.4) is 0 Å². The minimum absolute atomic E-state index is 0.0883. The molecule has 0 amide bonds. The average molecular weight is 356 g/mol. The first-order chi connectivity index (χ1) is 11.3. The zero-order chi connectivity index (χ0) is 17.5. The molecule has 6 heteroatoms. The van der Waals surface area contributed by atoms with Crippen molar-refractivity contribution < 1.29 is 22.0 Å². The fourth-order valence-corrected chi connectivity index (χ4v) is 3.85. The highest BCUT2D eigenvalue weighted by atomic mass is 32.1. The van der Waals surface area contributed by atoms with Crippen LogP contribution < -0.4 is 0 Å². The van der Waals surface area contributed by atoms with E-state index in [4.69, 9.17) is 0 Å². The molecular weight excluding hydrogens is 343 g/mol. The summed E-state index contributed by atoms with van der Waals surface area (Å²) < 4.78 is 66.4. The molecule has 0 spiro atoms. The second-order valence-corrected chi connectivity index (χ2v) is 6.70. The van der Waals surface area contributed by atoms with Crippen molar-refractivity contribution in [3.8, 4) is 11.1 Å². The number of fused-ring (bicyclic) bond motifs is 1. The fourth-order valence-electron chi connectivity index (χ4n) is 2.65. The summed E-state index contributed by atoms with van der Waals surface area (Å²) in [6.07, 6.45) is -3.10. The topological polar surface area (TPSA) is 0 Å². The van der Waals surface area contributed by atoms with E-state index in [1.807, 2.05) is 6.07 Å². The van der Waals surface area contributed by atoms with Crippen molar-refractivity contribution in [1.82, 2.24) is 0 Å². The summed E-state index contributed by atoms with van der Waals surface area (Å²) in [7, 11) is 0. The van der Waals surface area contributed by atoms with Crippen LogP contribution in [0, 0.1) is 11.6 Å². The lowest BCUT2D eigenvalue weighted by Gasteiger charge is -2.11. The summed E-state index contributed by atoms with van der Waals surface area (Å²) in [5.74, 6) is -3.20. The molecule has 0 fully saturated rings. The second kappa shape index (κ2) is 6.16. The van der Waals surface area contributed by atoms with Gasteiger partial charge in [0, 0.05) is 9.58 Å². The first kappa shape index (κ1) is 16.9. The maximum Gasteiger partial charge on any atom is 0.422 e. The SMILES string of the molecule is CCCc1cc2ccc(-c3cc(F)c(C(F)(F)F)c(F)c3)cc2s1. The highest BCUT2D eigenvalue weighted by Crippen LogP contribution is 2.37. The van der Waals surface area contributed by atoms with E-state index in [-0.39, 0.29) is 5.56 Å². The van der Waals surface area contributed by atoms with E-state index in [1.54, 1.807) is 23.5 Å². The van der Waals surface area contributed by atoms with Gasteiger partial charge < -0.3 is 0 Å². The molecule has 0 N–H and O–H groups in total. The van der Waals surface area contributed by atoms with Gasteiger partial charge in [-0.3, -0.25) is 0 Å². The Balaban J connectivity index is 2.07. The summed E-state index contributed by atoms with van der Waals surface area (Å²) in [5, 5.41) is 1.01. The van der Waals surface area contributed by atoms with Gasteiger partial charge in [0.15, 0.2) is 0 Å². The van der Waals surface area contributed by atoms with Crippen molar-refractivity contribution in [2.75, 3.05) is 0 Å². The predicted molar refractivity (Wildman–Crippen MR) is 86.2 cm³/mol. The van der Waals surface area contributed by atoms with Crippen molar-refractivity contribution in [1.29, 1.82) is 0 Å². The molecule has 0 aliphatic rings. The van der Waals surface area contributed by atoms with Crippen molar-refractivity contribution >= 4 is 21.4 Å². The van der Waals surface area contributed by atoms with Gasteiger partial charge in [-0.25, -0.2) is 8.78 Å². The van der Waals surface area contributed by atoms with Crippen LogP contribution in [0.2, 0.25) is 0 Å². The summed E-state index contributed by atoms with van der Waals surface area (Å²) >= 11 is 1.58. The van der Waals surface area contributed by atoms with Crippen molar-refractivity contribution in [2.45, 2.75) is 25.9 Å². The Morgan fingerprint density at radius 3 is 2.17 bits per heavy atom. The molecule has 0 unspecified atom stereocenters. The Morgan fingerprint density at radius 1 is 0.917 bits per heavy atom. The van der Waals surface area contributed by atoms with E-state index in [0.29, 0.717) is 5.56 Å². The molecule has 126 valence electrons. The molecule has 0 nitrogen and oxygen atoms in total. The number of alkyl halides is 3. The van der Waals surface area contributed by atoms with Gasteiger partial charge in [0.05, 0.1) is 0 Å². The van der Waals surface area contributed by atoms with Gasteiger partial charge in [0.1, 0.15) is 17.2 Å². The summed E-state index contributed by atoms with van der Waals surface area (Å²) in [4.78, 5) is 1.20. The molecule has 0 radical (unpaired) electrons. The van der Waals surface area contributed by atoms with Crippen LogP contribution in [0.15, 0.2) is 36.4 Å². The lowest BCUT2D eigenvalue weighted by molar-refractivity contribution is -0.142. The van der Waals surface area contributed by atoms with Gasteiger partial charge in [-0.2, -0.15) is 13.2 Å². The molecule has 2 aromatic carbocycles. The highest BCUT2D eigenvalue weighted by molar-refractivity contribution is 7.19. The number of halogens is 5. The van der Waals surface area contributed by atoms with Crippen LogP contribution in [-0.2, 0) is 12.6 Å². The molecule has 0 atom stereocenters. The summed E-state index contributed by atoms with van der Waals surface area (Å²) in [6.45, 7) is 2.07. The molecule has 0 saturated heterocycles. The van der Waals surface area contributed by atoms with Crippen molar-refractivity contribution in [2.24, 2.45) is 0 Å². The number of benzene rings is 2. The molecule has 1 aromatic heterocycles. The summed E-state index contributed by atoms with van der Waals surface area (Å²) in [6, 6.07) is 8.74. The van der Waals surface area contributed by atoms with Crippen LogP contribution in [0.5, 0.6) is 0 Å². The number of hydrogen-bond donors (Lipinski definition) is 0. The molecule has 0 aliphatic carbocycles. The Labute approximate surface area is 139 Å². The monoisotopic (exact) mass is 356 g/mol. The van der Waals surface area contributed by atoms with Crippen molar-refractivity contribution in [3.05, 3.63) is 58.5 Å². The van der Waals surface area contributed by atoms with Crippen LogP contribution in [0.25, 0.3) is 21.2 Å². The third-order valence-corrected chi connectivity index (χ3v) is 4.88. The lowest BCUT2D eigenvalue weighted by atomic mass is 10.0. The molecule has 3 rings (SSSR count). The maximum absolute atomic E-state index is 13.8. The Morgan fingerprint density at radius 2 is 1.58 bits per heavy atom. The normalized spacial score (nSPS) is 12.1. The third kappa shape index (κ3) is 3.15. The van der Waals surface area contributed by atoms with Gasteiger partial charge in [-0.15, -0.1) is 11.3 Å². The number of aryl methyl sites for hydroxylation is 1. The van der Waals surface area contributed by atoms with Gasteiger partial charge in [-0.05, 0) is 47.2 Å². The molecule has 0 bridgehead atoms. The van der Waals surface area contributed by atoms with Gasteiger partial charge >= 0.3 is 6.18 Å². The van der Waals surface area contributed by atoms with E-state index in [1.165, 1.54) is 4.88 Å². The zero-order valence-electron chi connectivity index (χ0n) is 12.7. The molecule has 3 aromatic rings. The molecule has 0 aliphatic heterocycles. The van der Waals surface area contributed by atoms with Crippen LogP contribution in [0.1, 0.15) is 23.8 Å². The van der Waals surface area contributed by atoms with E-state index < -0.39 is 23.4 Å². The average Bonchev–Trinajstić information content (AvgIpc) is 2.86. The highest BCUT2D eigenvalue weighted by Gasteiger charge is 2.37. The van der Waals surface area contributed by atoms with Gasteiger partial charge in [0.2, 0.25) is 0 Å². The molecule has 24 heavy (non-hydrogen) atoms. The second-order valence-electron chi connectivity index (χ2n) is 5.53. The molecular formula is C18H13F5S. The number of rotatable bonds is 3. The Bertz CT molecular complexity index is 869. The van der Waals surface area contributed by atoms with Gasteiger partial charge in [-0.1, -0.05) is 25.5 Å². The van der Waals surface area contributed by atoms with Gasteiger partial charge in [0.25, 0.3) is 0 Å². The maximum atomic E-state index is 13.8. The van der Waals surface area contributed by atoms with E-state index >= 15 is 0 Å². The van der Waals surface area contributed by atoms with Crippen molar-refractivity contribution in [3.63, 3.8) is 0 Å². The van der Waals surface area contributed by atoms with Crippen LogP contribution in [-0.4, -0.2) is 0 Å². The van der Waals surface area contributed by atoms with E-state index in [9.17, 15) is 22.0 Å². The van der Waals surface area contributed by atoms with Crippen LogP contribution >= 0.6 is 11.3 Å². The number of thiophene rings is 1. The molecule has 0 saturated carbocycles. The largest absolute Gasteiger partial charge is 0.422 e. The zero-order valence-corrected chi connectivity index (χ0v) is 13.5. The fraction of sp³-hybridized carbons (Fsp3) is 0.222. The smallest absolute Gasteiger partial charge is 0.206 e. The Hall–Kier alpha value is -1.95. The quantitative estimate of drug-likeness (QED) is 0.452. The first-order valence-electron chi connectivity index (χ1n) is 7.38. The predicted octanol–water partition coefficient (Wildman–Crippen LogP) is 6.82. The Kier molecular flexibility index (Phi) is 4.34. The molecule has 1 heterocycles. The standard InChI is InChI=1S/C18H13F5S/c1-2-3-13-6-11-5-4-10(9-16(11)24-13)12-7-14(19)17(15(20)8-12)18(21,22)23/h4-9H,2-3H2,1H3. The number of hydrogen-bond acceptors (Lipinski definition) is 1. The minimum Gasteiger partial charge on any atom is -0.206 e. The minimum atomic E-state index is -5.06. The van der Waals surface area contributed by atoms with Crippen LogP contribution in [0.4, 0.5) is 22.0 Å². The first-order valence-corrected chi connectivity index (χ1v) is 8.20. The summed E-state index contributed by atoms with van der Waals surface area (Å²) in [5.41, 5.74) is -1.28. The third-order valence-electron chi connectivity index (χ3n) is 3.73. The van der Waals surface area contributed by atoms with E-state index in [2.05, 4.69) is 13.0 Å².